The number of rotatable bonds is 3. The van der Waals surface area contributed by atoms with E-state index in [0.717, 1.165) is 12.2 Å². The Morgan fingerprint density at radius 3 is 2.56 bits per heavy atom. The number of anilines is 2. The van der Waals surface area contributed by atoms with E-state index in [-0.39, 0.29) is 0 Å². The Labute approximate surface area is 95.3 Å². The maximum atomic E-state index is 5.64. The van der Waals surface area contributed by atoms with E-state index in [2.05, 4.69) is 29.2 Å². The van der Waals surface area contributed by atoms with E-state index in [1.54, 1.807) is 0 Å². The van der Waals surface area contributed by atoms with Crippen molar-refractivity contribution in [2.45, 2.75) is 6.54 Å². The molecular weight excluding hydrogens is 200 g/mol. The summed E-state index contributed by atoms with van der Waals surface area (Å²) in [6.45, 7) is 0.796. The third kappa shape index (κ3) is 2.16. The number of benzene rings is 1. The van der Waals surface area contributed by atoms with Gasteiger partial charge in [-0.15, -0.1) is 0 Å². The predicted molar refractivity (Wildman–Crippen MR) is 66.2 cm³/mol. The number of nitrogens with zero attached hydrogens (tertiary/aromatic N) is 3. The Balaban J connectivity index is 2.14. The van der Waals surface area contributed by atoms with Crippen molar-refractivity contribution in [1.29, 1.82) is 0 Å². The van der Waals surface area contributed by atoms with Crippen LogP contribution in [0.5, 0.6) is 0 Å². The molecule has 0 atom stereocenters. The Morgan fingerprint density at radius 2 is 2.00 bits per heavy atom. The number of aromatic nitrogens is 2. The zero-order chi connectivity index (χ0) is 11.5. The monoisotopic (exact) mass is 216 g/mol. The van der Waals surface area contributed by atoms with Crippen molar-refractivity contribution in [2.75, 3.05) is 17.7 Å². The number of hydrogen-bond acceptors (Lipinski definition) is 3. The summed E-state index contributed by atoms with van der Waals surface area (Å²) in [7, 11) is 3.96. The average molecular weight is 216 g/mol. The van der Waals surface area contributed by atoms with Gasteiger partial charge in [0.05, 0.1) is 12.2 Å². The molecule has 2 N–H and O–H groups in total. The second-order valence-corrected chi connectivity index (χ2v) is 3.88. The second-order valence-electron chi connectivity index (χ2n) is 3.88. The van der Waals surface area contributed by atoms with Crippen LogP contribution in [-0.4, -0.2) is 16.8 Å². The first kappa shape index (κ1) is 10.5. The lowest BCUT2D eigenvalue weighted by Gasteiger charge is -2.18. The van der Waals surface area contributed by atoms with E-state index in [0.29, 0.717) is 5.82 Å². The molecule has 0 fully saturated rings. The number of hydrogen-bond donors (Lipinski definition) is 1. The quantitative estimate of drug-likeness (QED) is 0.848. The fourth-order valence-corrected chi connectivity index (χ4v) is 1.70. The fourth-order valence-electron chi connectivity index (χ4n) is 1.70. The topological polar surface area (TPSA) is 47.1 Å². The van der Waals surface area contributed by atoms with Gasteiger partial charge in [0, 0.05) is 25.8 Å². The minimum atomic E-state index is 0.568. The van der Waals surface area contributed by atoms with Crippen LogP contribution >= 0.6 is 0 Å². The van der Waals surface area contributed by atoms with Gasteiger partial charge in [-0.05, 0) is 12.1 Å². The van der Waals surface area contributed by atoms with Gasteiger partial charge < -0.3 is 10.6 Å². The molecule has 2 rings (SSSR count). The maximum Gasteiger partial charge on any atom is 0.145 e. The molecule has 1 aromatic carbocycles. The molecule has 0 amide bonds. The predicted octanol–water partition coefficient (Wildman–Crippen LogP) is 1.64. The zero-order valence-electron chi connectivity index (χ0n) is 9.59. The molecule has 4 nitrogen and oxygen atoms in total. The largest absolute Gasteiger partial charge is 0.382 e. The molecule has 0 bridgehead atoms. The number of nitrogen functional groups attached to an aromatic ring is 1. The minimum absolute atomic E-state index is 0.568. The van der Waals surface area contributed by atoms with Crippen molar-refractivity contribution in [2.24, 2.45) is 7.05 Å². The molecule has 0 saturated heterocycles. The van der Waals surface area contributed by atoms with E-state index in [9.17, 15) is 0 Å². The minimum Gasteiger partial charge on any atom is -0.382 e. The molecule has 0 aliphatic heterocycles. The molecule has 2 aromatic rings. The molecule has 0 radical (unpaired) electrons. The van der Waals surface area contributed by atoms with Crippen LogP contribution in [0.25, 0.3) is 0 Å². The summed E-state index contributed by atoms with van der Waals surface area (Å²) < 4.78 is 1.81. The summed E-state index contributed by atoms with van der Waals surface area (Å²) in [6.07, 6.45) is 0. The molecule has 0 aliphatic rings. The SMILES string of the molecule is CN(Cc1cc(N)nn1C)c1ccccc1. The molecule has 1 heterocycles. The van der Waals surface area contributed by atoms with Crippen molar-refractivity contribution < 1.29 is 0 Å². The molecule has 0 unspecified atom stereocenters. The van der Waals surface area contributed by atoms with Gasteiger partial charge in [-0.3, -0.25) is 4.68 Å². The highest BCUT2D eigenvalue weighted by atomic mass is 15.3. The molecule has 16 heavy (non-hydrogen) atoms. The summed E-state index contributed by atoms with van der Waals surface area (Å²) >= 11 is 0. The molecule has 0 spiro atoms. The highest BCUT2D eigenvalue weighted by molar-refractivity contribution is 5.45. The van der Waals surface area contributed by atoms with Crippen molar-refractivity contribution in [3.63, 3.8) is 0 Å². The average Bonchev–Trinajstić information content (AvgIpc) is 2.59. The smallest absolute Gasteiger partial charge is 0.145 e. The Bertz CT molecular complexity index is 461. The second kappa shape index (κ2) is 4.26. The van der Waals surface area contributed by atoms with E-state index < -0.39 is 0 Å². The van der Waals surface area contributed by atoms with Gasteiger partial charge >= 0.3 is 0 Å². The fraction of sp³-hybridized carbons (Fsp3) is 0.250. The van der Waals surface area contributed by atoms with Gasteiger partial charge in [0.25, 0.3) is 0 Å². The van der Waals surface area contributed by atoms with Gasteiger partial charge in [-0.2, -0.15) is 5.10 Å². The highest BCUT2D eigenvalue weighted by Crippen LogP contribution is 2.15. The summed E-state index contributed by atoms with van der Waals surface area (Å²) in [5, 5.41) is 4.13. The highest BCUT2D eigenvalue weighted by Gasteiger charge is 2.06. The van der Waals surface area contributed by atoms with Crippen molar-refractivity contribution in [3.8, 4) is 0 Å². The van der Waals surface area contributed by atoms with Crippen molar-refractivity contribution >= 4 is 11.5 Å². The van der Waals surface area contributed by atoms with Crippen LogP contribution in [0.3, 0.4) is 0 Å². The first-order valence-corrected chi connectivity index (χ1v) is 5.21. The Hall–Kier alpha value is -1.97. The van der Waals surface area contributed by atoms with Gasteiger partial charge in [-0.25, -0.2) is 0 Å². The zero-order valence-corrected chi connectivity index (χ0v) is 9.59. The van der Waals surface area contributed by atoms with Crippen LogP contribution in [0, 0.1) is 0 Å². The van der Waals surface area contributed by atoms with Crippen LogP contribution in [0.1, 0.15) is 5.69 Å². The molecule has 0 aliphatic carbocycles. The normalized spacial score (nSPS) is 10.4. The number of nitrogens with two attached hydrogens (primary N) is 1. The van der Waals surface area contributed by atoms with E-state index >= 15 is 0 Å². The maximum absolute atomic E-state index is 5.64. The molecular formula is C12H16N4. The lowest BCUT2D eigenvalue weighted by molar-refractivity contribution is 0.702. The van der Waals surface area contributed by atoms with E-state index in [1.807, 2.05) is 36.0 Å². The van der Waals surface area contributed by atoms with Crippen LogP contribution in [0.2, 0.25) is 0 Å². The lowest BCUT2D eigenvalue weighted by atomic mass is 10.3. The molecule has 4 heteroatoms. The summed E-state index contributed by atoms with van der Waals surface area (Å²) in [6, 6.07) is 12.1. The van der Waals surface area contributed by atoms with Crippen molar-refractivity contribution in [3.05, 3.63) is 42.1 Å². The van der Waals surface area contributed by atoms with Crippen LogP contribution in [0.4, 0.5) is 11.5 Å². The number of para-hydroxylation sites is 1. The summed E-state index contributed by atoms with van der Waals surface area (Å²) in [5.41, 5.74) is 7.93. The van der Waals surface area contributed by atoms with Crippen LogP contribution in [-0.2, 0) is 13.6 Å². The van der Waals surface area contributed by atoms with E-state index in [4.69, 9.17) is 5.73 Å². The lowest BCUT2D eigenvalue weighted by Crippen LogP contribution is -2.18. The Morgan fingerprint density at radius 1 is 1.31 bits per heavy atom. The first-order chi connectivity index (χ1) is 7.66. The third-order valence-corrected chi connectivity index (χ3v) is 2.59. The molecule has 84 valence electrons. The number of aryl methyl sites for hydroxylation is 1. The van der Waals surface area contributed by atoms with Crippen LogP contribution < -0.4 is 10.6 Å². The van der Waals surface area contributed by atoms with Gasteiger partial charge in [0.15, 0.2) is 0 Å². The standard InChI is InChI=1S/C12H16N4/c1-15(10-6-4-3-5-7-10)9-11-8-12(13)14-16(11)2/h3-8H,9H2,1-2H3,(H2,13,14). The summed E-state index contributed by atoms with van der Waals surface area (Å²) in [5.74, 6) is 0.568. The van der Waals surface area contributed by atoms with E-state index in [1.165, 1.54) is 5.69 Å². The van der Waals surface area contributed by atoms with Gasteiger partial charge in [0.1, 0.15) is 5.82 Å². The molecule has 0 saturated carbocycles. The summed E-state index contributed by atoms with van der Waals surface area (Å²) in [4.78, 5) is 2.16. The first-order valence-electron chi connectivity index (χ1n) is 5.21. The Kier molecular flexibility index (Phi) is 2.81. The van der Waals surface area contributed by atoms with Gasteiger partial charge in [-0.1, -0.05) is 18.2 Å². The van der Waals surface area contributed by atoms with Crippen molar-refractivity contribution in [1.82, 2.24) is 9.78 Å². The van der Waals surface area contributed by atoms with Crippen LogP contribution in [0.15, 0.2) is 36.4 Å². The molecule has 1 aromatic heterocycles. The third-order valence-electron chi connectivity index (χ3n) is 2.59. The van der Waals surface area contributed by atoms with Gasteiger partial charge in [0.2, 0.25) is 0 Å².